The van der Waals surface area contributed by atoms with Crippen molar-refractivity contribution in [3.63, 3.8) is 0 Å². The zero-order valence-electron chi connectivity index (χ0n) is 9.77. The molecule has 0 saturated heterocycles. The summed E-state index contributed by atoms with van der Waals surface area (Å²) in [6.07, 6.45) is 1.39. The van der Waals surface area contributed by atoms with Crippen LogP contribution in [0.15, 0.2) is 23.1 Å². The molecule has 1 rings (SSSR count). The molecule has 3 N–H and O–H groups in total. The highest BCUT2D eigenvalue weighted by molar-refractivity contribution is 7.80. The average molecular weight is 253 g/mol. The summed E-state index contributed by atoms with van der Waals surface area (Å²) >= 11 is 4.81. The van der Waals surface area contributed by atoms with Gasteiger partial charge in [-0.05, 0) is 19.9 Å². The lowest BCUT2D eigenvalue weighted by atomic mass is 10.2. The van der Waals surface area contributed by atoms with Crippen molar-refractivity contribution in [1.82, 2.24) is 9.88 Å². The average Bonchev–Trinajstić information content (AvgIpc) is 2.25. The van der Waals surface area contributed by atoms with E-state index in [-0.39, 0.29) is 29.0 Å². The maximum absolute atomic E-state index is 12.1. The minimum Gasteiger partial charge on any atom is -0.392 e. The quantitative estimate of drug-likeness (QED) is 0.766. The van der Waals surface area contributed by atoms with Crippen molar-refractivity contribution in [3.8, 4) is 0 Å². The van der Waals surface area contributed by atoms with Gasteiger partial charge in [0, 0.05) is 18.3 Å². The van der Waals surface area contributed by atoms with E-state index in [9.17, 15) is 9.59 Å². The minimum atomic E-state index is -0.244. The second-order valence-electron chi connectivity index (χ2n) is 3.93. The highest BCUT2D eigenvalue weighted by Gasteiger charge is 2.19. The van der Waals surface area contributed by atoms with E-state index in [4.69, 9.17) is 18.0 Å². The topological polar surface area (TPSA) is 79.2 Å². The third kappa shape index (κ3) is 3.67. The van der Waals surface area contributed by atoms with Gasteiger partial charge >= 0.3 is 0 Å². The molecular formula is C11H15N3O2S. The van der Waals surface area contributed by atoms with E-state index in [1.54, 1.807) is 4.90 Å². The van der Waals surface area contributed by atoms with Gasteiger partial charge in [0.1, 0.15) is 0 Å². The molecule has 0 radical (unpaired) electrons. The van der Waals surface area contributed by atoms with Crippen LogP contribution in [0.5, 0.6) is 0 Å². The van der Waals surface area contributed by atoms with Gasteiger partial charge in [-0.1, -0.05) is 12.2 Å². The summed E-state index contributed by atoms with van der Waals surface area (Å²) in [7, 11) is 0. The van der Waals surface area contributed by atoms with E-state index >= 15 is 0 Å². The number of thiocarbonyl (C=S) groups is 1. The second-order valence-corrected chi connectivity index (χ2v) is 4.46. The Morgan fingerprint density at radius 1 is 1.53 bits per heavy atom. The molecule has 1 heterocycles. The van der Waals surface area contributed by atoms with Gasteiger partial charge in [0.05, 0.1) is 17.1 Å². The molecule has 6 heteroatoms. The first-order chi connectivity index (χ1) is 7.91. The summed E-state index contributed by atoms with van der Waals surface area (Å²) in [5, 5.41) is 0. The molecule has 0 aliphatic rings. The molecule has 0 bridgehead atoms. The highest BCUT2D eigenvalue weighted by Crippen LogP contribution is 2.06. The number of carbonyl (C=O) groups excluding carboxylic acids is 1. The number of nitrogens with two attached hydrogens (primary N) is 1. The van der Waals surface area contributed by atoms with E-state index < -0.39 is 0 Å². The van der Waals surface area contributed by atoms with Crippen molar-refractivity contribution in [3.05, 3.63) is 34.2 Å². The maximum Gasteiger partial charge on any atom is 0.255 e. The number of hydrogen-bond acceptors (Lipinski definition) is 3. The molecule has 0 unspecified atom stereocenters. The van der Waals surface area contributed by atoms with Crippen LogP contribution in [0.3, 0.4) is 0 Å². The van der Waals surface area contributed by atoms with Gasteiger partial charge < -0.3 is 15.6 Å². The molecule has 0 aliphatic heterocycles. The van der Waals surface area contributed by atoms with Gasteiger partial charge in [-0.2, -0.15) is 0 Å². The van der Waals surface area contributed by atoms with Crippen molar-refractivity contribution in [2.24, 2.45) is 5.73 Å². The standard InChI is InChI=1S/C11H15N3O2S/c1-7(2)14(6-9(12)17)11(16)8-3-4-10(15)13-5-8/h3-5,7H,6H2,1-2H3,(H2,12,17)(H,13,15). The van der Waals surface area contributed by atoms with Crippen LogP contribution in [0.1, 0.15) is 24.2 Å². The molecule has 1 aromatic rings. The predicted octanol–water partition coefficient (Wildman–Crippen LogP) is 0.512. The highest BCUT2D eigenvalue weighted by atomic mass is 32.1. The third-order valence-corrected chi connectivity index (χ3v) is 2.37. The number of hydrogen-bond donors (Lipinski definition) is 2. The van der Waals surface area contributed by atoms with Gasteiger partial charge in [-0.25, -0.2) is 0 Å². The number of amides is 1. The van der Waals surface area contributed by atoms with Gasteiger partial charge in [-0.3, -0.25) is 9.59 Å². The first-order valence-corrected chi connectivity index (χ1v) is 5.60. The Labute approximate surface area is 105 Å². The van der Waals surface area contributed by atoms with Gasteiger partial charge in [0.15, 0.2) is 0 Å². The molecule has 92 valence electrons. The zero-order chi connectivity index (χ0) is 13.0. The Morgan fingerprint density at radius 2 is 2.18 bits per heavy atom. The fourth-order valence-corrected chi connectivity index (χ4v) is 1.51. The summed E-state index contributed by atoms with van der Waals surface area (Å²) in [6, 6.07) is 2.78. The maximum atomic E-state index is 12.1. The fourth-order valence-electron chi connectivity index (χ4n) is 1.37. The Bertz CT molecular complexity index is 461. The van der Waals surface area contributed by atoms with Gasteiger partial charge in [0.2, 0.25) is 5.56 Å². The van der Waals surface area contributed by atoms with Crippen LogP contribution in [0, 0.1) is 0 Å². The summed E-state index contributed by atoms with van der Waals surface area (Å²) in [6.45, 7) is 3.98. The SMILES string of the molecule is CC(C)N(CC(N)=S)C(=O)c1ccc(=O)[nH]c1. The number of aromatic nitrogens is 1. The van der Waals surface area contributed by atoms with E-state index in [2.05, 4.69) is 4.98 Å². The first-order valence-electron chi connectivity index (χ1n) is 5.20. The van der Waals surface area contributed by atoms with E-state index in [1.807, 2.05) is 13.8 Å². The van der Waals surface area contributed by atoms with Crippen molar-refractivity contribution in [1.29, 1.82) is 0 Å². The predicted molar refractivity (Wildman–Crippen MR) is 70.0 cm³/mol. The van der Waals surface area contributed by atoms with E-state index in [0.717, 1.165) is 0 Å². The number of H-pyrrole nitrogens is 1. The van der Waals surface area contributed by atoms with Crippen LogP contribution < -0.4 is 11.3 Å². The largest absolute Gasteiger partial charge is 0.392 e. The first kappa shape index (κ1) is 13.4. The van der Waals surface area contributed by atoms with Crippen LogP contribution in [-0.4, -0.2) is 33.4 Å². The number of nitrogens with one attached hydrogen (secondary N) is 1. The molecule has 5 nitrogen and oxygen atoms in total. The minimum absolute atomic E-state index is 0.0177. The molecule has 1 aromatic heterocycles. The second kappa shape index (κ2) is 5.58. The van der Waals surface area contributed by atoms with E-state index in [1.165, 1.54) is 18.3 Å². The molecular weight excluding hydrogens is 238 g/mol. The molecule has 17 heavy (non-hydrogen) atoms. The molecule has 0 spiro atoms. The van der Waals surface area contributed by atoms with Gasteiger partial charge in [0.25, 0.3) is 5.91 Å². The molecule has 0 fully saturated rings. The lowest BCUT2D eigenvalue weighted by Crippen LogP contribution is -2.42. The molecule has 1 amide bonds. The molecule has 0 aromatic carbocycles. The molecule has 0 aliphatic carbocycles. The number of aromatic amines is 1. The summed E-state index contributed by atoms with van der Waals surface area (Å²) in [5.74, 6) is -0.205. The number of rotatable bonds is 4. The van der Waals surface area contributed by atoms with Crippen molar-refractivity contribution >= 4 is 23.1 Å². The van der Waals surface area contributed by atoms with Crippen molar-refractivity contribution < 1.29 is 4.79 Å². The summed E-state index contributed by atoms with van der Waals surface area (Å²) < 4.78 is 0. The van der Waals surface area contributed by atoms with Crippen LogP contribution in [-0.2, 0) is 0 Å². The number of nitrogens with zero attached hydrogens (tertiary/aromatic N) is 1. The summed E-state index contributed by atoms with van der Waals surface area (Å²) in [4.78, 5) is 27.3. The number of carbonyl (C=O) groups is 1. The van der Waals surface area contributed by atoms with Crippen LogP contribution in [0.4, 0.5) is 0 Å². The van der Waals surface area contributed by atoms with Crippen LogP contribution >= 0.6 is 12.2 Å². The Hall–Kier alpha value is -1.69. The van der Waals surface area contributed by atoms with Gasteiger partial charge in [-0.15, -0.1) is 0 Å². The Morgan fingerprint density at radius 3 is 2.59 bits per heavy atom. The third-order valence-electron chi connectivity index (χ3n) is 2.24. The molecule has 0 atom stereocenters. The van der Waals surface area contributed by atoms with Crippen LogP contribution in [0.2, 0.25) is 0 Å². The smallest absolute Gasteiger partial charge is 0.255 e. The van der Waals surface area contributed by atoms with E-state index in [0.29, 0.717) is 5.56 Å². The Balaban J connectivity index is 2.95. The monoisotopic (exact) mass is 253 g/mol. The lowest BCUT2D eigenvalue weighted by molar-refractivity contribution is 0.0735. The van der Waals surface area contributed by atoms with Crippen LogP contribution in [0.25, 0.3) is 0 Å². The lowest BCUT2D eigenvalue weighted by Gasteiger charge is -2.26. The fraction of sp³-hybridized carbons (Fsp3) is 0.364. The van der Waals surface area contributed by atoms with Crippen molar-refractivity contribution in [2.75, 3.05) is 6.54 Å². The molecule has 0 saturated carbocycles. The number of pyridine rings is 1. The van der Waals surface area contributed by atoms with Crippen molar-refractivity contribution in [2.45, 2.75) is 19.9 Å². The normalized spacial score (nSPS) is 10.3. The zero-order valence-corrected chi connectivity index (χ0v) is 10.6. The Kier molecular flexibility index (Phi) is 4.39. The summed E-state index contributed by atoms with van der Waals surface area (Å²) in [5.41, 5.74) is 5.62.